The summed E-state index contributed by atoms with van der Waals surface area (Å²) in [5.41, 5.74) is 15.7. The van der Waals surface area contributed by atoms with Crippen LogP contribution in [0.2, 0.25) is 0 Å². The smallest absolute Gasteiger partial charge is 0.250 e. The highest BCUT2D eigenvalue weighted by atomic mass is 16.5. The highest BCUT2D eigenvalue weighted by Crippen LogP contribution is 2.23. The summed E-state index contributed by atoms with van der Waals surface area (Å²) in [7, 11) is 0. The summed E-state index contributed by atoms with van der Waals surface area (Å²) in [5.74, 6) is -0.520. The number of nitrogens with two attached hydrogens (primary N) is 2. The van der Waals surface area contributed by atoms with E-state index in [1.807, 2.05) is 11.1 Å². The minimum absolute atomic E-state index is 0.336. The molecule has 17 heavy (non-hydrogen) atoms. The number of carbonyl (C=O) groups excluding carboxylic acids is 1. The monoisotopic (exact) mass is 236 g/mol. The maximum Gasteiger partial charge on any atom is 0.250 e. The zero-order valence-electron chi connectivity index (χ0n) is 9.48. The van der Waals surface area contributed by atoms with Gasteiger partial charge in [0.15, 0.2) is 0 Å². The molecule has 1 aromatic rings. The van der Waals surface area contributed by atoms with Gasteiger partial charge in [-0.3, -0.25) is 4.79 Å². The van der Waals surface area contributed by atoms with Crippen molar-refractivity contribution < 1.29 is 9.53 Å². The van der Waals surface area contributed by atoms with E-state index in [0.29, 0.717) is 30.2 Å². The number of rotatable bonds is 3. The molecule has 92 valence electrons. The topological polar surface area (TPSA) is 93.6 Å². The van der Waals surface area contributed by atoms with E-state index in [9.17, 15) is 4.79 Å². The third-order valence-corrected chi connectivity index (χ3v) is 2.66. The van der Waals surface area contributed by atoms with Crippen molar-refractivity contribution in [3.05, 3.63) is 23.8 Å². The number of nitrogens with zero attached hydrogens (tertiary/aromatic N) is 1. The van der Waals surface area contributed by atoms with Crippen molar-refractivity contribution in [2.24, 2.45) is 5.73 Å². The summed E-state index contributed by atoms with van der Waals surface area (Å²) in [6.45, 7) is 2.92. The maximum atomic E-state index is 11.1. The fourth-order valence-corrected chi connectivity index (χ4v) is 1.72. The summed E-state index contributed by atoms with van der Waals surface area (Å²) in [6, 6.07) is 5.18. The van der Waals surface area contributed by atoms with Crippen LogP contribution < -0.4 is 16.9 Å². The van der Waals surface area contributed by atoms with E-state index in [0.717, 1.165) is 13.1 Å². The number of benzene rings is 1. The number of ether oxygens (including phenoxy) is 1. The first-order chi connectivity index (χ1) is 8.18. The highest BCUT2D eigenvalue weighted by molar-refractivity contribution is 6.00. The first-order valence-electron chi connectivity index (χ1n) is 5.46. The fourth-order valence-electron chi connectivity index (χ4n) is 1.72. The zero-order valence-corrected chi connectivity index (χ0v) is 9.48. The molecule has 0 unspecified atom stereocenters. The van der Waals surface area contributed by atoms with E-state index in [-0.39, 0.29) is 0 Å². The van der Waals surface area contributed by atoms with Gasteiger partial charge in [-0.15, -0.1) is 0 Å². The molecule has 1 aliphatic heterocycles. The number of carbonyl (C=O) groups is 1. The Hall–Kier alpha value is -1.79. The summed E-state index contributed by atoms with van der Waals surface area (Å²) in [4.78, 5) is 11.1. The lowest BCUT2D eigenvalue weighted by molar-refractivity contribution is 0.0497. The van der Waals surface area contributed by atoms with Crippen LogP contribution in [0, 0.1) is 0 Å². The Morgan fingerprint density at radius 3 is 2.71 bits per heavy atom. The second kappa shape index (κ2) is 5.03. The largest absolute Gasteiger partial charge is 0.396 e. The van der Waals surface area contributed by atoms with Gasteiger partial charge in [0.1, 0.15) is 0 Å². The van der Waals surface area contributed by atoms with E-state index < -0.39 is 5.91 Å². The Balaban J connectivity index is 2.15. The van der Waals surface area contributed by atoms with Crippen molar-refractivity contribution in [3.8, 4) is 0 Å². The molecule has 1 aromatic carbocycles. The van der Waals surface area contributed by atoms with E-state index in [2.05, 4.69) is 5.43 Å². The first kappa shape index (κ1) is 11.7. The molecule has 1 saturated heterocycles. The van der Waals surface area contributed by atoms with Gasteiger partial charge in [0.05, 0.1) is 30.2 Å². The molecule has 0 aliphatic carbocycles. The SMILES string of the molecule is NC(=O)c1cccc(NN2CCOCC2)c1N. The quantitative estimate of drug-likeness (QED) is 0.644. The van der Waals surface area contributed by atoms with Crippen LogP contribution in [0.15, 0.2) is 18.2 Å². The van der Waals surface area contributed by atoms with Gasteiger partial charge in [0.2, 0.25) is 0 Å². The molecule has 0 atom stereocenters. The normalized spacial score (nSPS) is 16.7. The Bertz CT molecular complexity index is 416. The average molecular weight is 236 g/mol. The lowest BCUT2D eigenvalue weighted by atomic mass is 10.1. The van der Waals surface area contributed by atoms with Gasteiger partial charge in [0.25, 0.3) is 5.91 Å². The minimum Gasteiger partial charge on any atom is -0.396 e. The Morgan fingerprint density at radius 2 is 2.06 bits per heavy atom. The van der Waals surface area contributed by atoms with Crippen LogP contribution in [0.3, 0.4) is 0 Å². The van der Waals surface area contributed by atoms with E-state index in [1.54, 1.807) is 12.1 Å². The summed E-state index contributed by atoms with van der Waals surface area (Å²) < 4.78 is 5.24. The van der Waals surface area contributed by atoms with Gasteiger partial charge < -0.3 is 21.6 Å². The van der Waals surface area contributed by atoms with Crippen LogP contribution in [-0.2, 0) is 4.74 Å². The maximum absolute atomic E-state index is 11.1. The summed E-state index contributed by atoms with van der Waals surface area (Å²) >= 11 is 0. The fraction of sp³-hybridized carbons (Fsp3) is 0.364. The number of primary amides is 1. The number of hydrogen-bond acceptors (Lipinski definition) is 5. The van der Waals surface area contributed by atoms with Gasteiger partial charge in [-0.05, 0) is 12.1 Å². The number of morpholine rings is 1. The zero-order chi connectivity index (χ0) is 12.3. The third kappa shape index (κ3) is 2.66. The number of nitrogen functional groups attached to an aromatic ring is 1. The Labute approximate surface area is 99.5 Å². The highest BCUT2D eigenvalue weighted by Gasteiger charge is 2.14. The molecule has 6 heteroatoms. The molecule has 0 spiro atoms. The average Bonchev–Trinajstić information content (AvgIpc) is 2.33. The van der Waals surface area contributed by atoms with Gasteiger partial charge in [-0.1, -0.05) is 6.07 Å². The van der Waals surface area contributed by atoms with E-state index in [1.165, 1.54) is 0 Å². The molecule has 1 fully saturated rings. The second-order valence-corrected chi connectivity index (χ2v) is 3.84. The molecule has 2 rings (SSSR count). The van der Waals surface area contributed by atoms with Crippen molar-refractivity contribution in [2.75, 3.05) is 37.5 Å². The molecule has 1 heterocycles. The molecular weight excluding hydrogens is 220 g/mol. The molecule has 0 aromatic heterocycles. The Morgan fingerprint density at radius 1 is 1.35 bits per heavy atom. The van der Waals surface area contributed by atoms with Gasteiger partial charge in [-0.25, -0.2) is 5.01 Å². The molecular formula is C11H16N4O2. The van der Waals surface area contributed by atoms with Crippen LogP contribution >= 0.6 is 0 Å². The minimum atomic E-state index is -0.520. The van der Waals surface area contributed by atoms with Crippen LogP contribution in [0.5, 0.6) is 0 Å². The van der Waals surface area contributed by atoms with Crippen molar-refractivity contribution in [3.63, 3.8) is 0 Å². The van der Waals surface area contributed by atoms with E-state index >= 15 is 0 Å². The number of hydrazine groups is 1. The van der Waals surface area contributed by atoms with Crippen molar-refractivity contribution in [1.29, 1.82) is 0 Å². The van der Waals surface area contributed by atoms with Crippen LogP contribution in [0.1, 0.15) is 10.4 Å². The molecule has 0 radical (unpaired) electrons. The standard InChI is InChI=1S/C11H16N4O2/c12-10-8(11(13)16)2-1-3-9(10)14-15-4-6-17-7-5-15/h1-3,14H,4-7,12H2,(H2,13,16). The first-order valence-corrected chi connectivity index (χ1v) is 5.46. The molecule has 6 nitrogen and oxygen atoms in total. The van der Waals surface area contributed by atoms with Crippen LogP contribution in [0.4, 0.5) is 11.4 Å². The number of amides is 1. The van der Waals surface area contributed by atoms with Crippen LogP contribution in [-0.4, -0.2) is 37.2 Å². The molecule has 1 amide bonds. The third-order valence-electron chi connectivity index (χ3n) is 2.66. The van der Waals surface area contributed by atoms with Crippen molar-refractivity contribution in [1.82, 2.24) is 5.01 Å². The molecule has 1 aliphatic rings. The second-order valence-electron chi connectivity index (χ2n) is 3.84. The predicted octanol–water partition coefficient (Wildman–Crippen LogP) is 0.0268. The lowest BCUT2D eigenvalue weighted by Crippen LogP contribution is -2.40. The van der Waals surface area contributed by atoms with E-state index in [4.69, 9.17) is 16.2 Å². The van der Waals surface area contributed by atoms with Crippen LogP contribution in [0.25, 0.3) is 0 Å². The summed E-state index contributed by atoms with van der Waals surface area (Å²) in [5, 5.41) is 2.00. The van der Waals surface area contributed by atoms with Crippen molar-refractivity contribution in [2.45, 2.75) is 0 Å². The van der Waals surface area contributed by atoms with Gasteiger partial charge in [0, 0.05) is 13.1 Å². The number of para-hydroxylation sites is 1. The number of hydrogen-bond donors (Lipinski definition) is 3. The van der Waals surface area contributed by atoms with Crippen molar-refractivity contribution >= 4 is 17.3 Å². The predicted molar refractivity (Wildman–Crippen MR) is 65.4 cm³/mol. The summed E-state index contributed by atoms with van der Waals surface area (Å²) in [6.07, 6.45) is 0. The molecule has 0 saturated carbocycles. The lowest BCUT2D eigenvalue weighted by Gasteiger charge is -2.28. The number of nitrogens with one attached hydrogen (secondary N) is 1. The number of anilines is 2. The molecule has 0 bridgehead atoms. The molecule has 5 N–H and O–H groups in total. The van der Waals surface area contributed by atoms with Gasteiger partial charge >= 0.3 is 0 Å². The van der Waals surface area contributed by atoms with Gasteiger partial charge in [-0.2, -0.15) is 0 Å². The Kier molecular flexibility index (Phi) is 3.46.